The molecule has 3 rings (SSSR count). The zero-order valence-electron chi connectivity index (χ0n) is 14.7. The molecular weight excluding hydrogens is 320 g/mol. The van der Waals surface area contributed by atoms with Gasteiger partial charge in [0.05, 0.1) is 6.61 Å². The van der Waals surface area contributed by atoms with Crippen LogP contribution in [0.2, 0.25) is 0 Å². The van der Waals surface area contributed by atoms with E-state index in [0.717, 1.165) is 30.9 Å². The molecule has 0 aliphatic carbocycles. The van der Waals surface area contributed by atoms with Gasteiger partial charge in [0.1, 0.15) is 5.75 Å². The lowest BCUT2D eigenvalue weighted by Gasteiger charge is -2.34. The monoisotopic (exact) mass is 344 g/mol. The Morgan fingerprint density at radius 1 is 1.40 bits per heavy atom. The van der Waals surface area contributed by atoms with Gasteiger partial charge in [0.25, 0.3) is 0 Å². The molecule has 2 aromatic rings. The maximum Gasteiger partial charge on any atom is 0.227 e. The van der Waals surface area contributed by atoms with Gasteiger partial charge in [0.15, 0.2) is 0 Å². The number of hydrogen-bond donors (Lipinski definition) is 1. The standard InChI is InChI=1S/C18H24N4O3/c1-3-24-15-6-4-14(5-7-15)18-20-16(25-21-18)8-9-17(23)22-11-10-19-12-13(22)2/h4-7,13,19H,3,8-12H2,1-2H3/t13-/m0/s1. The van der Waals surface area contributed by atoms with Gasteiger partial charge >= 0.3 is 0 Å². The topological polar surface area (TPSA) is 80.5 Å². The van der Waals surface area contributed by atoms with E-state index < -0.39 is 0 Å². The third-order valence-corrected chi connectivity index (χ3v) is 4.27. The maximum absolute atomic E-state index is 12.4. The summed E-state index contributed by atoms with van der Waals surface area (Å²) in [5.41, 5.74) is 0.862. The highest BCUT2D eigenvalue weighted by atomic mass is 16.5. The number of nitrogens with one attached hydrogen (secondary N) is 1. The lowest BCUT2D eigenvalue weighted by molar-refractivity contribution is -0.134. The first kappa shape index (κ1) is 17.4. The molecule has 2 heterocycles. The highest BCUT2D eigenvalue weighted by Crippen LogP contribution is 2.20. The molecule has 7 nitrogen and oxygen atoms in total. The molecule has 1 saturated heterocycles. The average molecular weight is 344 g/mol. The van der Waals surface area contributed by atoms with Crippen molar-refractivity contribution >= 4 is 5.91 Å². The van der Waals surface area contributed by atoms with Gasteiger partial charge in [-0.3, -0.25) is 4.79 Å². The number of nitrogens with zero attached hydrogens (tertiary/aromatic N) is 3. The molecule has 0 bridgehead atoms. The molecule has 1 aliphatic heterocycles. The van der Waals surface area contributed by atoms with E-state index in [2.05, 4.69) is 22.4 Å². The van der Waals surface area contributed by atoms with Crippen LogP contribution in [0.4, 0.5) is 0 Å². The van der Waals surface area contributed by atoms with Crippen LogP contribution in [-0.2, 0) is 11.2 Å². The van der Waals surface area contributed by atoms with Crippen LogP contribution in [0.5, 0.6) is 5.75 Å². The molecule has 0 spiro atoms. The average Bonchev–Trinajstić information content (AvgIpc) is 3.10. The normalized spacial score (nSPS) is 17.5. The third-order valence-electron chi connectivity index (χ3n) is 4.27. The summed E-state index contributed by atoms with van der Waals surface area (Å²) in [6.07, 6.45) is 0.842. The zero-order chi connectivity index (χ0) is 17.6. The van der Waals surface area contributed by atoms with Crippen LogP contribution in [0.25, 0.3) is 11.4 Å². The van der Waals surface area contributed by atoms with Crippen LogP contribution in [0.15, 0.2) is 28.8 Å². The van der Waals surface area contributed by atoms with Crippen LogP contribution in [0, 0.1) is 0 Å². The summed E-state index contributed by atoms with van der Waals surface area (Å²) in [4.78, 5) is 18.7. The van der Waals surface area contributed by atoms with Gasteiger partial charge < -0.3 is 19.5 Å². The molecule has 1 amide bonds. The summed E-state index contributed by atoms with van der Waals surface area (Å²) in [5.74, 6) is 1.96. The van der Waals surface area contributed by atoms with Crippen LogP contribution in [-0.4, -0.2) is 53.2 Å². The summed E-state index contributed by atoms with van der Waals surface area (Å²) >= 11 is 0. The summed E-state index contributed by atoms with van der Waals surface area (Å²) < 4.78 is 10.7. The number of aromatic nitrogens is 2. The number of carbonyl (C=O) groups excluding carboxylic acids is 1. The Morgan fingerprint density at radius 2 is 2.20 bits per heavy atom. The van der Waals surface area contributed by atoms with Crippen molar-refractivity contribution in [2.75, 3.05) is 26.2 Å². The van der Waals surface area contributed by atoms with E-state index in [1.54, 1.807) is 0 Å². The lowest BCUT2D eigenvalue weighted by atomic mass is 10.2. The molecule has 0 unspecified atom stereocenters. The number of ether oxygens (including phenoxy) is 1. The Labute approximate surface area is 147 Å². The summed E-state index contributed by atoms with van der Waals surface area (Å²) in [7, 11) is 0. The Balaban J connectivity index is 1.57. The molecule has 1 aromatic heterocycles. The number of piperazine rings is 1. The van der Waals surface area contributed by atoms with E-state index in [-0.39, 0.29) is 11.9 Å². The minimum atomic E-state index is 0.134. The van der Waals surface area contributed by atoms with Crippen LogP contribution >= 0.6 is 0 Å². The van der Waals surface area contributed by atoms with E-state index >= 15 is 0 Å². The Kier molecular flexibility index (Phi) is 5.65. The van der Waals surface area contributed by atoms with Gasteiger partial charge in [-0.2, -0.15) is 4.98 Å². The third kappa shape index (κ3) is 4.36. The Morgan fingerprint density at radius 3 is 2.92 bits per heavy atom. The van der Waals surface area contributed by atoms with Crippen LogP contribution < -0.4 is 10.1 Å². The molecule has 1 fully saturated rings. The van der Waals surface area contributed by atoms with Gasteiger partial charge in [-0.05, 0) is 38.1 Å². The van der Waals surface area contributed by atoms with Gasteiger partial charge in [0.2, 0.25) is 17.6 Å². The summed E-state index contributed by atoms with van der Waals surface area (Å²) in [6, 6.07) is 7.78. The predicted molar refractivity (Wildman–Crippen MR) is 93.3 cm³/mol. The smallest absolute Gasteiger partial charge is 0.227 e. The second-order valence-corrected chi connectivity index (χ2v) is 6.11. The fraction of sp³-hybridized carbons (Fsp3) is 0.500. The van der Waals surface area contributed by atoms with Crippen molar-refractivity contribution < 1.29 is 14.1 Å². The SMILES string of the molecule is CCOc1ccc(-c2noc(CCC(=O)N3CCNC[C@@H]3C)n2)cc1. The second kappa shape index (κ2) is 8.11. The molecule has 1 aliphatic rings. The number of hydrogen-bond acceptors (Lipinski definition) is 6. The summed E-state index contributed by atoms with van der Waals surface area (Å²) in [5, 5.41) is 7.29. The van der Waals surface area contributed by atoms with Crippen molar-refractivity contribution in [1.82, 2.24) is 20.4 Å². The first-order valence-electron chi connectivity index (χ1n) is 8.73. The maximum atomic E-state index is 12.4. The van der Waals surface area contributed by atoms with Crippen molar-refractivity contribution in [2.45, 2.75) is 32.7 Å². The van der Waals surface area contributed by atoms with Crippen molar-refractivity contribution in [3.05, 3.63) is 30.2 Å². The van der Waals surface area contributed by atoms with E-state index in [4.69, 9.17) is 9.26 Å². The second-order valence-electron chi connectivity index (χ2n) is 6.11. The molecule has 1 aromatic carbocycles. The minimum absolute atomic E-state index is 0.134. The molecule has 25 heavy (non-hydrogen) atoms. The Bertz CT molecular complexity index is 699. The van der Waals surface area contributed by atoms with Gasteiger partial charge in [-0.15, -0.1) is 0 Å². The van der Waals surface area contributed by atoms with Gasteiger partial charge in [-0.25, -0.2) is 0 Å². The zero-order valence-corrected chi connectivity index (χ0v) is 14.7. The van der Waals surface area contributed by atoms with E-state index in [9.17, 15) is 4.79 Å². The van der Waals surface area contributed by atoms with Gasteiger partial charge in [-0.1, -0.05) is 5.16 Å². The molecule has 134 valence electrons. The summed E-state index contributed by atoms with van der Waals surface area (Å²) in [6.45, 7) is 7.07. The number of rotatable bonds is 6. The largest absolute Gasteiger partial charge is 0.494 e. The molecule has 0 radical (unpaired) electrons. The first-order chi connectivity index (χ1) is 12.2. The van der Waals surface area contributed by atoms with E-state index in [1.165, 1.54) is 0 Å². The predicted octanol–water partition coefficient (Wildman–Crippen LogP) is 1.89. The van der Waals surface area contributed by atoms with E-state index in [0.29, 0.717) is 31.2 Å². The highest BCUT2D eigenvalue weighted by molar-refractivity contribution is 5.76. The van der Waals surface area contributed by atoms with Crippen molar-refractivity contribution in [3.8, 4) is 17.1 Å². The van der Waals surface area contributed by atoms with Crippen molar-refractivity contribution in [1.29, 1.82) is 0 Å². The van der Waals surface area contributed by atoms with Gasteiger partial charge in [0, 0.05) is 44.1 Å². The fourth-order valence-electron chi connectivity index (χ4n) is 2.91. The number of amides is 1. The minimum Gasteiger partial charge on any atom is -0.494 e. The number of carbonyl (C=O) groups is 1. The molecule has 1 atom stereocenters. The molecule has 0 saturated carbocycles. The Hall–Kier alpha value is -2.41. The highest BCUT2D eigenvalue weighted by Gasteiger charge is 2.23. The van der Waals surface area contributed by atoms with Crippen LogP contribution in [0.1, 0.15) is 26.2 Å². The lowest BCUT2D eigenvalue weighted by Crippen LogP contribution is -2.52. The molecule has 7 heteroatoms. The van der Waals surface area contributed by atoms with Crippen molar-refractivity contribution in [3.63, 3.8) is 0 Å². The molecular formula is C18H24N4O3. The number of aryl methyl sites for hydroxylation is 1. The number of benzene rings is 1. The molecule has 1 N–H and O–H groups in total. The first-order valence-corrected chi connectivity index (χ1v) is 8.73. The van der Waals surface area contributed by atoms with Crippen molar-refractivity contribution in [2.24, 2.45) is 0 Å². The van der Waals surface area contributed by atoms with E-state index in [1.807, 2.05) is 36.1 Å². The quantitative estimate of drug-likeness (QED) is 0.862. The fourth-order valence-corrected chi connectivity index (χ4v) is 2.91. The van der Waals surface area contributed by atoms with Crippen LogP contribution in [0.3, 0.4) is 0 Å².